The van der Waals surface area contributed by atoms with Gasteiger partial charge in [0, 0.05) is 12.6 Å². The first-order valence-corrected chi connectivity index (χ1v) is 8.15. The Morgan fingerprint density at radius 1 is 1.27 bits per heavy atom. The summed E-state index contributed by atoms with van der Waals surface area (Å²) in [6.45, 7) is 2.93. The third-order valence-corrected chi connectivity index (χ3v) is 3.38. The van der Waals surface area contributed by atoms with Crippen LogP contribution in [0.2, 0.25) is 0 Å². The van der Waals surface area contributed by atoms with Crippen molar-refractivity contribution < 1.29 is 28.7 Å². The van der Waals surface area contributed by atoms with Crippen molar-refractivity contribution >= 4 is 29.5 Å². The van der Waals surface area contributed by atoms with Crippen molar-refractivity contribution in [2.75, 3.05) is 24.7 Å². The maximum absolute atomic E-state index is 12.0. The van der Waals surface area contributed by atoms with Crippen LogP contribution in [0.3, 0.4) is 0 Å². The minimum Gasteiger partial charge on any atom is -0.482 e. The zero-order valence-corrected chi connectivity index (χ0v) is 14.6. The summed E-state index contributed by atoms with van der Waals surface area (Å²) in [5.74, 6) is -1.08. The highest BCUT2D eigenvalue weighted by Gasteiger charge is 2.25. The number of anilines is 1. The van der Waals surface area contributed by atoms with Crippen LogP contribution in [-0.2, 0) is 19.1 Å². The van der Waals surface area contributed by atoms with E-state index in [2.05, 4.69) is 5.32 Å². The normalized spacial score (nSPS) is 12.9. The van der Waals surface area contributed by atoms with E-state index < -0.39 is 24.5 Å². The lowest BCUT2D eigenvalue weighted by Gasteiger charge is -2.28. The Kier molecular flexibility index (Phi) is 6.54. The molecule has 9 nitrogen and oxygen atoms in total. The lowest BCUT2D eigenvalue weighted by Crippen LogP contribution is -2.44. The lowest BCUT2D eigenvalue weighted by molar-refractivity contribution is -0.148. The van der Waals surface area contributed by atoms with Gasteiger partial charge in [-0.1, -0.05) is 12.1 Å². The minimum atomic E-state index is -0.732. The first-order valence-electron chi connectivity index (χ1n) is 8.15. The fraction of sp³-hybridized carbons (Fsp3) is 0.412. The van der Waals surface area contributed by atoms with Crippen LogP contribution in [0, 0.1) is 0 Å². The highest BCUT2D eigenvalue weighted by Crippen LogP contribution is 2.31. The van der Waals surface area contributed by atoms with Crippen molar-refractivity contribution in [3.63, 3.8) is 0 Å². The van der Waals surface area contributed by atoms with Crippen LogP contribution in [0.4, 0.5) is 10.5 Å². The second-order valence-electron chi connectivity index (χ2n) is 5.89. The Morgan fingerprint density at radius 3 is 2.73 bits per heavy atom. The molecule has 0 bridgehead atoms. The average Bonchev–Trinajstić information content (AvgIpc) is 2.58. The highest BCUT2D eigenvalue weighted by molar-refractivity contribution is 5.98. The number of benzene rings is 1. The molecular formula is C17H21N3O6. The largest absolute Gasteiger partial charge is 0.482 e. The summed E-state index contributed by atoms with van der Waals surface area (Å²) in [4.78, 5) is 48.1. The third kappa shape index (κ3) is 5.47. The molecule has 2 rings (SSSR count). The molecule has 4 amide bonds. The number of para-hydroxylation sites is 2. The van der Waals surface area contributed by atoms with Gasteiger partial charge in [-0.05, 0) is 26.0 Å². The quantitative estimate of drug-likeness (QED) is 0.715. The van der Waals surface area contributed by atoms with E-state index in [4.69, 9.17) is 9.47 Å². The molecule has 0 radical (unpaired) electrons. The number of nitrogens with zero attached hydrogens (tertiary/aromatic N) is 1. The van der Waals surface area contributed by atoms with Gasteiger partial charge in [0.05, 0.1) is 12.1 Å². The van der Waals surface area contributed by atoms with Crippen molar-refractivity contribution in [1.82, 2.24) is 10.6 Å². The number of carbonyl (C=O) groups excluding carboxylic acids is 4. The Morgan fingerprint density at radius 2 is 2.00 bits per heavy atom. The number of hydrogen-bond acceptors (Lipinski definition) is 6. The summed E-state index contributed by atoms with van der Waals surface area (Å²) in [5.41, 5.74) is 0.583. The van der Waals surface area contributed by atoms with Gasteiger partial charge >= 0.3 is 12.0 Å². The number of carbonyl (C=O) groups is 4. The van der Waals surface area contributed by atoms with Gasteiger partial charge in [-0.3, -0.25) is 19.7 Å². The van der Waals surface area contributed by atoms with E-state index in [9.17, 15) is 19.2 Å². The zero-order valence-electron chi connectivity index (χ0n) is 14.6. The molecule has 1 aromatic rings. The summed E-state index contributed by atoms with van der Waals surface area (Å²) >= 11 is 0. The number of nitrogens with one attached hydrogen (secondary N) is 2. The predicted octanol–water partition coefficient (Wildman–Crippen LogP) is 0.579. The van der Waals surface area contributed by atoms with Gasteiger partial charge < -0.3 is 19.7 Å². The predicted molar refractivity (Wildman–Crippen MR) is 91.7 cm³/mol. The summed E-state index contributed by atoms with van der Waals surface area (Å²) in [6.07, 6.45) is -0.0917. The van der Waals surface area contributed by atoms with Gasteiger partial charge in [-0.25, -0.2) is 4.79 Å². The van der Waals surface area contributed by atoms with Gasteiger partial charge in [-0.2, -0.15) is 0 Å². The van der Waals surface area contributed by atoms with E-state index in [0.29, 0.717) is 11.4 Å². The summed E-state index contributed by atoms with van der Waals surface area (Å²) in [5, 5.41) is 4.52. The van der Waals surface area contributed by atoms with Gasteiger partial charge in [0.25, 0.3) is 11.8 Å². The SMILES string of the molecule is CC(C)NC(=O)NC(=O)COC(=O)CCN1C(=O)COc2ccccc21. The number of rotatable bonds is 6. The molecule has 0 saturated heterocycles. The monoisotopic (exact) mass is 363 g/mol. The number of fused-ring (bicyclic) bond motifs is 1. The van der Waals surface area contributed by atoms with Crippen LogP contribution in [-0.4, -0.2) is 49.6 Å². The molecule has 0 saturated carbocycles. The van der Waals surface area contributed by atoms with Crippen molar-refractivity contribution in [2.24, 2.45) is 0 Å². The fourth-order valence-electron chi connectivity index (χ4n) is 2.28. The molecule has 1 heterocycles. The molecule has 0 aromatic heterocycles. The second-order valence-corrected chi connectivity index (χ2v) is 5.89. The van der Waals surface area contributed by atoms with Crippen LogP contribution < -0.4 is 20.3 Å². The maximum atomic E-state index is 12.0. The van der Waals surface area contributed by atoms with Crippen molar-refractivity contribution in [1.29, 1.82) is 0 Å². The van der Waals surface area contributed by atoms with E-state index >= 15 is 0 Å². The number of ether oxygens (including phenoxy) is 2. The molecule has 1 aromatic carbocycles. The molecule has 1 aliphatic heterocycles. The number of imide groups is 1. The first-order chi connectivity index (χ1) is 12.4. The Balaban J connectivity index is 1.78. The van der Waals surface area contributed by atoms with E-state index in [1.165, 1.54) is 4.90 Å². The first kappa shape index (κ1) is 19.2. The number of hydrogen-bond donors (Lipinski definition) is 2. The lowest BCUT2D eigenvalue weighted by atomic mass is 10.2. The van der Waals surface area contributed by atoms with Crippen LogP contribution in [0.1, 0.15) is 20.3 Å². The fourth-order valence-corrected chi connectivity index (χ4v) is 2.28. The maximum Gasteiger partial charge on any atom is 0.321 e. The van der Waals surface area contributed by atoms with E-state index in [1.54, 1.807) is 38.1 Å². The molecule has 2 N–H and O–H groups in total. The molecule has 1 aliphatic rings. The standard InChI is InChI=1S/C17H21N3O6/c1-11(2)18-17(24)19-14(21)9-26-16(23)7-8-20-12-5-3-4-6-13(12)25-10-15(20)22/h3-6,11H,7-10H2,1-2H3,(H2,18,19,21,24). The van der Waals surface area contributed by atoms with Crippen molar-refractivity contribution in [3.8, 4) is 5.75 Å². The molecule has 0 atom stereocenters. The molecule has 0 fully saturated rings. The molecule has 9 heteroatoms. The molecule has 140 valence electrons. The third-order valence-electron chi connectivity index (χ3n) is 3.38. The Labute approximate surface area is 150 Å². The van der Waals surface area contributed by atoms with Gasteiger partial charge in [0.2, 0.25) is 0 Å². The number of amides is 4. The van der Waals surface area contributed by atoms with Crippen LogP contribution >= 0.6 is 0 Å². The molecule has 0 spiro atoms. The Bertz CT molecular complexity index is 703. The summed E-state index contributed by atoms with van der Waals surface area (Å²) < 4.78 is 10.1. The molecular weight excluding hydrogens is 342 g/mol. The van der Waals surface area contributed by atoms with Crippen molar-refractivity contribution in [2.45, 2.75) is 26.3 Å². The van der Waals surface area contributed by atoms with Gasteiger partial charge in [0.1, 0.15) is 5.75 Å². The summed E-state index contributed by atoms with van der Waals surface area (Å²) in [7, 11) is 0. The highest BCUT2D eigenvalue weighted by atomic mass is 16.5. The van der Waals surface area contributed by atoms with Gasteiger partial charge in [0.15, 0.2) is 13.2 Å². The summed E-state index contributed by atoms with van der Waals surface area (Å²) in [6, 6.07) is 6.22. The smallest absolute Gasteiger partial charge is 0.321 e. The number of urea groups is 1. The van der Waals surface area contributed by atoms with Crippen LogP contribution in [0.5, 0.6) is 5.75 Å². The zero-order chi connectivity index (χ0) is 19.1. The number of esters is 1. The molecule has 0 unspecified atom stereocenters. The van der Waals surface area contributed by atoms with Crippen molar-refractivity contribution in [3.05, 3.63) is 24.3 Å². The van der Waals surface area contributed by atoms with Gasteiger partial charge in [-0.15, -0.1) is 0 Å². The topological polar surface area (TPSA) is 114 Å². The average molecular weight is 363 g/mol. The second kappa shape index (κ2) is 8.84. The van der Waals surface area contributed by atoms with E-state index in [-0.39, 0.29) is 31.5 Å². The Hall–Kier alpha value is -3.10. The molecule has 26 heavy (non-hydrogen) atoms. The van der Waals surface area contributed by atoms with Crippen LogP contribution in [0.15, 0.2) is 24.3 Å². The molecule has 0 aliphatic carbocycles. The van der Waals surface area contributed by atoms with Crippen LogP contribution in [0.25, 0.3) is 0 Å². The minimum absolute atomic E-state index is 0.0917. The van der Waals surface area contributed by atoms with E-state index in [0.717, 1.165) is 0 Å². The van der Waals surface area contributed by atoms with E-state index in [1.807, 2.05) is 5.32 Å².